The van der Waals surface area contributed by atoms with E-state index in [1.807, 2.05) is 35.4 Å². The number of para-hydroxylation sites is 1. The summed E-state index contributed by atoms with van der Waals surface area (Å²) in [5.74, 6) is 0.112. The Kier molecular flexibility index (Phi) is 3.53. The smallest absolute Gasteiger partial charge is 0.244 e. The van der Waals surface area contributed by atoms with Crippen molar-refractivity contribution in [3.8, 4) is 0 Å². The first-order chi connectivity index (χ1) is 11.3. The summed E-state index contributed by atoms with van der Waals surface area (Å²) >= 11 is 0. The van der Waals surface area contributed by atoms with Gasteiger partial charge in [0.05, 0.1) is 30.5 Å². The SMILES string of the molecule is O=C(Cn1ncc2ccccc21)N1CCC[C@H]1Cn1ccnn1. The Morgan fingerprint density at radius 1 is 1.30 bits per heavy atom. The minimum atomic E-state index is 0.112. The van der Waals surface area contributed by atoms with Crippen LogP contribution >= 0.6 is 0 Å². The van der Waals surface area contributed by atoms with Crippen LogP contribution in [0.2, 0.25) is 0 Å². The van der Waals surface area contributed by atoms with Gasteiger partial charge in [0.25, 0.3) is 0 Å². The van der Waals surface area contributed by atoms with Crippen molar-refractivity contribution >= 4 is 16.8 Å². The first kappa shape index (κ1) is 13.9. The van der Waals surface area contributed by atoms with Gasteiger partial charge in [0.1, 0.15) is 6.54 Å². The molecule has 4 rings (SSSR count). The molecule has 7 heteroatoms. The van der Waals surface area contributed by atoms with Gasteiger partial charge < -0.3 is 4.90 Å². The predicted octanol–water partition coefficient (Wildman–Crippen LogP) is 1.32. The highest BCUT2D eigenvalue weighted by Gasteiger charge is 2.29. The van der Waals surface area contributed by atoms with Crippen molar-refractivity contribution in [1.29, 1.82) is 0 Å². The van der Waals surface area contributed by atoms with E-state index in [1.165, 1.54) is 0 Å². The molecule has 0 unspecified atom stereocenters. The van der Waals surface area contributed by atoms with Crippen LogP contribution in [0.4, 0.5) is 0 Å². The average molecular weight is 310 g/mol. The number of benzene rings is 1. The summed E-state index contributed by atoms with van der Waals surface area (Å²) in [7, 11) is 0. The Balaban J connectivity index is 1.49. The summed E-state index contributed by atoms with van der Waals surface area (Å²) in [6.45, 7) is 1.78. The predicted molar refractivity (Wildman–Crippen MR) is 84.5 cm³/mol. The van der Waals surface area contributed by atoms with E-state index in [1.54, 1.807) is 21.8 Å². The first-order valence-corrected chi connectivity index (χ1v) is 7.85. The van der Waals surface area contributed by atoms with Crippen molar-refractivity contribution in [3.63, 3.8) is 0 Å². The Labute approximate surface area is 133 Å². The lowest BCUT2D eigenvalue weighted by atomic mass is 10.2. The van der Waals surface area contributed by atoms with E-state index < -0.39 is 0 Å². The molecule has 0 aliphatic carbocycles. The van der Waals surface area contributed by atoms with Gasteiger partial charge >= 0.3 is 0 Å². The molecule has 3 aromatic rings. The van der Waals surface area contributed by atoms with E-state index in [2.05, 4.69) is 15.4 Å². The second-order valence-corrected chi connectivity index (χ2v) is 5.87. The van der Waals surface area contributed by atoms with Crippen molar-refractivity contribution in [2.75, 3.05) is 6.54 Å². The molecular formula is C16H18N6O. The first-order valence-electron chi connectivity index (χ1n) is 7.85. The normalized spacial score (nSPS) is 17.9. The fourth-order valence-corrected chi connectivity index (χ4v) is 3.27. The molecule has 0 saturated carbocycles. The van der Waals surface area contributed by atoms with Crippen LogP contribution in [0.5, 0.6) is 0 Å². The van der Waals surface area contributed by atoms with E-state index in [9.17, 15) is 4.79 Å². The third-order valence-corrected chi connectivity index (χ3v) is 4.40. The molecule has 0 bridgehead atoms. The number of rotatable bonds is 4. The molecule has 3 heterocycles. The van der Waals surface area contributed by atoms with Crippen molar-refractivity contribution in [1.82, 2.24) is 29.7 Å². The Morgan fingerprint density at radius 3 is 3.09 bits per heavy atom. The van der Waals surface area contributed by atoms with Gasteiger partial charge in [0.15, 0.2) is 0 Å². The summed E-state index contributed by atoms with van der Waals surface area (Å²) < 4.78 is 3.57. The molecule has 2 aromatic heterocycles. The fourth-order valence-electron chi connectivity index (χ4n) is 3.27. The highest BCUT2D eigenvalue weighted by atomic mass is 16.2. The molecule has 1 aromatic carbocycles. The fraction of sp³-hybridized carbons (Fsp3) is 0.375. The van der Waals surface area contributed by atoms with Gasteiger partial charge in [0.2, 0.25) is 5.91 Å². The van der Waals surface area contributed by atoms with E-state index in [0.29, 0.717) is 6.54 Å². The number of fused-ring (bicyclic) bond motifs is 1. The average Bonchev–Trinajstić information content (AvgIpc) is 3.29. The topological polar surface area (TPSA) is 68.8 Å². The number of carbonyl (C=O) groups excluding carboxylic acids is 1. The Bertz CT molecular complexity index is 809. The summed E-state index contributed by atoms with van der Waals surface area (Å²) in [6, 6.07) is 8.13. The van der Waals surface area contributed by atoms with E-state index in [-0.39, 0.29) is 18.5 Å². The zero-order chi connectivity index (χ0) is 15.6. The summed E-state index contributed by atoms with van der Waals surface area (Å²) in [6.07, 6.45) is 7.34. The molecule has 0 spiro atoms. The zero-order valence-electron chi connectivity index (χ0n) is 12.7. The van der Waals surface area contributed by atoms with Crippen molar-refractivity contribution < 1.29 is 4.79 Å². The van der Waals surface area contributed by atoms with Gasteiger partial charge in [-0.2, -0.15) is 5.10 Å². The van der Waals surface area contributed by atoms with Crippen LogP contribution in [0, 0.1) is 0 Å². The number of nitrogens with zero attached hydrogens (tertiary/aromatic N) is 6. The third-order valence-electron chi connectivity index (χ3n) is 4.40. The molecule has 1 fully saturated rings. The number of hydrogen-bond donors (Lipinski definition) is 0. The van der Waals surface area contributed by atoms with Gasteiger partial charge in [-0.05, 0) is 18.9 Å². The Hall–Kier alpha value is -2.70. The summed E-state index contributed by atoms with van der Waals surface area (Å²) in [5, 5.41) is 13.2. The molecule has 1 amide bonds. The Morgan fingerprint density at radius 2 is 2.22 bits per heavy atom. The van der Waals surface area contributed by atoms with E-state index in [0.717, 1.165) is 30.3 Å². The lowest BCUT2D eigenvalue weighted by molar-refractivity contribution is -0.133. The van der Waals surface area contributed by atoms with Gasteiger partial charge in [-0.15, -0.1) is 5.10 Å². The monoisotopic (exact) mass is 310 g/mol. The molecule has 1 aliphatic heterocycles. The van der Waals surface area contributed by atoms with Crippen LogP contribution in [-0.2, 0) is 17.9 Å². The summed E-state index contributed by atoms with van der Waals surface area (Å²) in [5.41, 5.74) is 0.993. The lowest BCUT2D eigenvalue weighted by Gasteiger charge is -2.24. The molecule has 118 valence electrons. The van der Waals surface area contributed by atoms with Gasteiger partial charge in [-0.25, -0.2) is 0 Å². The zero-order valence-corrected chi connectivity index (χ0v) is 12.7. The van der Waals surface area contributed by atoms with Crippen LogP contribution in [0.1, 0.15) is 12.8 Å². The molecule has 23 heavy (non-hydrogen) atoms. The quantitative estimate of drug-likeness (QED) is 0.729. The third kappa shape index (κ3) is 2.69. The minimum absolute atomic E-state index is 0.112. The minimum Gasteiger partial charge on any atom is -0.336 e. The van der Waals surface area contributed by atoms with Crippen LogP contribution < -0.4 is 0 Å². The van der Waals surface area contributed by atoms with Crippen molar-refractivity contribution in [3.05, 3.63) is 42.9 Å². The number of hydrogen-bond acceptors (Lipinski definition) is 4. The lowest BCUT2D eigenvalue weighted by Crippen LogP contribution is -2.40. The molecule has 1 saturated heterocycles. The second kappa shape index (κ2) is 5.83. The second-order valence-electron chi connectivity index (χ2n) is 5.87. The van der Waals surface area contributed by atoms with E-state index >= 15 is 0 Å². The van der Waals surface area contributed by atoms with Crippen LogP contribution in [0.25, 0.3) is 10.9 Å². The van der Waals surface area contributed by atoms with Crippen LogP contribution in [0.3, 0.4) is 0 Å². The number of amides is 1. The number of carbonyl (C=O) groups is 1. The van der Waals surface area contributed by atoms with E-state index in [4.69, 9.17) is 0 Å². The maximum absolute atomic E-state index is 12.7. The highest BCUT2D eigenvalue weighted by molar-refractivity contribution is 5.82. The highest BCUT2D eigenvalue weighted by Crippen LogP contribution is 2.20. The molecular weight excluding hydrogens is 292 g/mol. The number of likely N-dealkylation sites (tertiary alicyclic amines) is 1. The maximum Gasteiger partial charge on any atom is 0.244 e. The molecule has 7 nitrogen and oxygen atoms in total. The van der Waals surface area contributed by atoms with Gasteiger partial charge in [-0.1, -0.05) is 23.4 Å². The molecule has 0 N–H and O–H groups in total. The van der Waals surface area contributed by atoms with Crippen molar-refractivity contribution in [2.45, 2.75) is 32.0 Å². The number of aromatic nitrogens is 5. The largest absolute Gasteiger partial charge is 0.336 e. The molecule has 1 atom stereocenters. The standard InChI is InChI=1S/C16H18N6O/c23-16(12-22-15-6-2-1-4-13(15)10-18-22)21-8-3-5-14(21)11-20-9-7-17-19-20/h1-2,4,6-7,9-10,14H,3,5,8,11-12H2/t14-/m0/s1. The van der Waals surface area contributed by atoms with Crippen molar-refractivity contribution in [2.24, 2.45) is 0 Å². The summed E-state index contributed by atoms with van der Waals surface area (Å²) in [4.78, 5) is 14.7. The van der Waals surface area contributed by atoms with Crippen LogP contribution in [-0.4, -0.2) is 48.2 Å². The maximum atomic E-state index is 12.7. The molecule has 1 aliphatic rings. The van der Waals surface area contributed by atoms with Gasteiger partial charge in [-0.3, -0.25) is 14.2 Å². The van der Waals surface area contributed by atoms with Crippen LogP contribution in [0.15, 0.2) is 42.9 Å². The molecule has 0 radical (unpaired) electrons. The van der Waals surface area contributed by atoms with Gasteiger partial charge in [0, 0.05) is 18.1 Å².